The van der Waals surface area contributed by atoms with Gasteiger partial charge in [-0.3, -0.25) is 0 Å². The molecule has 1 aliphatic heterocycles. The van der Waals surface area contributed by atoms with Crippen LogP contribution in [0.5, 0.6) is 0 Å². The highest BCUT2D eigenvalue weighted by Gasteiger charge is 2.19. The maximum absolute atomic E-state index is 13.3. The van der Waals surface area contributed by atoms with Crippen LogP contribution in [0.4, 0.5) is 20.6 Å². The molecule has 0 radical (unpaired) electrons. The highest BCUT2D eigenvalue weighted by atomic mass is 35.5. The van der Waals surface area contributed by atoms with E-state index in [-0.39, 0.29) is 15.7 Å². The van der Waals surface area contributed by atoms with Gasteiger partial charge in [-0.25, -0.2) is 17.6 Å². The van der Waals surface area contributed by atoms with Crippen molar-refractivity contribution in [1.29, 1.82) is 0 Å². The van der Waals surface area contributed by atoms with E-state index in [1.807, 2.05) is 6.08 Å². The van der Waals surface area contributed by atoms with Crippen LogP contribution in [0.1, 0.15) is 25.3 Å². The zero-order valence-corrected chi connectivity index (χ0v) is 17.9. The number of rotatable bonds is 6. The minimum atomic E-state index is -3.46. The number of anilines is 2. The first-order valence-electron chi connectivity index (χ1n) is 9.47. The van der Waals surface area contributed by atoms with E-state index >= 15 is 0 Å². The van der Waals surface area contributed by atoms with Gasteiger partial charge in [0.05, 0.1) is 34.6 Å². The van der Waals surface area contributed by atoms with Gasteiger partial charge in [0.1, 0.15) is 5.82 Å². The Morgan fingerprint density at radius 1 is 1.20 bits per heavy atom. The monoisotopic (exact) mass is 452 g/mol. The van der Waals surface area contributed by atoms with Crippen molar-refractivity contribution in [3.8, 4) is 0 Å². The van der Waals surface area contributed by atoms with E-state index in [1.165, 1.54) is 18.2 Å². The summed E-state index contributed by atoms with van der Waals surface area (Å²) in [4.78, 5) is 12.7. The average molecular weight is 453 g/mol. The van der Waals surface area contributed by atoms with Gasteiger partial charge >= 0.3 is 6.03 Å². The van der Waals surface area contributed by atoms with Gasteiger partial charge in [-0.05, 0) is 48.7 Å². The lowest BCUT2D eigenvalue weighted by molar-refractivity contribution is 0.161. The Hall–Kier alpha value is -2.42. The van der Waals surface area contributed by atoms with Gasteiger partial charge in [0, 0.05) is 11.3 Å². The van der Waals surface area contributed by atoms with E-state index in [4.69, 9.17) is 16.3 Å². The summed E-state index contributed by atoms with van der Waals surface area (Å²) in [5.41, 5.74) is 2.35. The van der Waals surface area contributed by atoms with Crippen molar-refractivity contribution in [2.24, 2.45) is 0 Å². The van der Waals surface area contributed by atoms with Crippen LogP contribution in [0.25, 0.3) is 5.57 Å². The Labute approximate surface area is 180 Å². The number of amides is 2. The number of carbonyl (C=O) groups excluding carboxylic acids is 1. The molecule has 1 aliphatic rings. The number of hydrogen-bond donors (Lipinski definition) is 2. The van der Waals surface area contributed by atoms with Crippen LogP contribution in [0, 0.1) is 5.82 Å². The lowest BCUT2D eigenvalue weighted by atomic mass is 10.00. The van der Waals surface area contributed by atoms with Crippen LogP contribution in [-0.2, 0) is 14.6 Å². The molecule has 6 nitrogen and oxygen atoms in total. The Morgan fingerprint density at radius 2 is 2.00 bits per heavy atom. The molecule has 0 bridgehead atoms. The van der Waals surface area contributed by atoms with Gasteiger partial charge in [0.2, 0.25) is 0 Å². The highest BCUT2D eigenvalue weighted by molar-refractivity contribution is 7.91. The normalized spacial score (nSPS) is 14.2. The third kappa shape index (κ3) is 5.38. The molecule has 3 rings (SSSR count). The number of hydrogen-bond acceptors (Lipinski definition) is 4. The van der Waals surface area contributed by atoms with Crippen molar-refractivity contribution >= 4 is 44.4 Å². The van der Waals surface area contributed by atoms with Crippen LogP contribution in [0.15, 0.2) is 47.4 Å². The van der Waals surface area contributed by atoms with Gasteiger partial charge < -0.3 is 15.4 Å². The number of ether oxygens (including phenoxy) is 1. The van der Waals surface area contributed by atoms with E-state index in [9.17, 15) is 17.6 Å². The first-order valence-corrected chi connectivity index (χ1v) is 11.5. The molecular formula is C21H22ClFN2O4S. The zero-order chi connectivity index (χ0) is 21.7. The number of urea groups is 1. The molecule has 0 fully saturated rings. The topological polar surface area (TPSA) is 84.5 Å². The smallest absolute Gasteiger partial charge is 0.323 e. The van der Waals surface area contributed by atoms with Gasteiger partial charge in [-0.15, -0.1) is 0 Å². The fourth-order valence-electron chi connectivity index (χ4n) is 3.12. The van der Waals surface area contributed by atoms with Gasteiger partial charge in [0.25, 0.3) is 0 Å². The molecule has 2 aromatic carbocycles. The molecule has 0 saturated carbocycles. The maximum atomic E-state index is 13.3. The summed E-state index contributed by atoms with van der Waals surface area (Å²) in [6, 6.07) is 7.94. The van der Waals surface area contributed by atoms with Crippen LogP contribution < -0.4 is 10.6 Å². The van der Waals surface area contributed by atoms with Crippen molar-refractivity contribution in [2.75, 3.05) is 29.6 Å². The molecule has 2 aromatic rings. The fraction of sp³-hybridized carbons (Fsp3) is 0.286. The predicted molar refractivity (Wildman–Crippen MR) is 116 cm³/mol. The summed E-state index contributed by atoms with van der Waals surface area (Å²) in [7, 11) is -3.46. The number of nitrogens with one attached hydrogen (secondary N) is 2. The van der Waals surface area contributed by atoms with Gasteiger partial charge in [-0.2, -0.15) is 0 Å². The number of carbonyl (C=O) groups is 1. The maximum Gasteiger partial charge on any atom is 0.323 e. The van der Waals surface area contributed by atoms with Crippen molar-refractivity contribution in [1.82, 2.24) is 0 Å². The predicted octanol–water partition coefficient (Wildman–Crippen LogP) is 5.11. The minimum absolute atomic E-state index is 0.0165. The zero-order valence-electron chi connectivity index (χ0n) is 16.4. The summed E-state index contributed by atoms with van der Waals surface area (Å²) >= 11 is 5.75. The quantitative estimate of drug-likeness (QED) is 0.637. The lowest BCUT2D eigenvalue weighted by Crippen LogP contribution is -2.21. The summed E-state index contributed by atoms with van der Waals surface area (Å²) < 4.78 is 43.7. The third-order valence-corrected chi connectivity index (χ3v) is 6.77. The van der Waals surface area contributed by atoms with E-state index in [0.29, 0.717) is 37.4 Å². The van der Waals surface area contributed by atoms with Gasteiger partial charge in [-0.1, -0.05) is 30.7 Å². The molecule has 2 N–H and O–H groups in total. The second kappa shape index (κ2) is 9.59. The standard InChI is InChI=1S/C21H22ClFN2O4S/c1-2-11-30(27,28)16-4-5-17(14-7-9-29-10-8-14)20(13-16)25-21(26)24-15-3-6-19(23)18(22)12-15/h3-7,12-13H,2,8-11H2,1H3,(H2,24,25,26). The third-order valence-electron chi connectivity index (χ3n) is 4.56. The molecular weight excluding hydrogens is 431 g/mol. The van der Waals surface area contributed by atoms with Crippen molar-refractivity contribution in [2.45, 2.75) is 24.7 Å². The summed E-state index contributed by atoms with van der Waals surface area (Å²) in [6.07, 6.45) is 3.04. The van der Waals surface area contributed by atoms with Crippen molar-refractivity contribution < 1.29 is 22.3 Å². The molecule has 9 heteroatoms. The molecule has 0 unspecified atom stereocenters. The fourth-order valence-corrected chi connectivity index (χ4v) is 4.64. The van der Waals surface area contributed by atoms with E-state index in [2.05, 4.69) is 10.6 Å². The second-order valence-electron chi connectivity index (χ2n) is 6.79. The molecule has 30 heavy (non-hydrogen) atoms. The largest absolute Gasteiger partial charge is 0.377 e. The Bertz CT molecular complexity index is 1090. The van der Waals surface area contributed by atoms with E-state index in [0.717, 1.165) is 17.2 Å². The Morgan fingerprint density at radius 3 is 2.67 bits per heavy atom. The first-order chi connectivity index (χ1) is 14.3. The molecule has 160 valence electrons. The van der Waals surface area contributed by atoms with E-state index < -0.39 is 21.7 Å². The van der Waals surface area contributed by atoms with Crippen LogP contribution >= 0.6 is 11.6 Å². The van der Waals surface area contributed by atoms with E-state index in [1.54, 1.807) is 19.1 Å². The highest BCUT2D eigenvalue weighted by Crippen LogP contribution is 2.31. The molecule has 0 spiro atoms. The second-order valence-corrected chi connectivity index (χ2v) is 9.30. The van der Waals surface area contributed by atoms with Crippen molar-refractivity contribution in [3.63, 3.8) is 0 Å². The average Bonchev–Trinajstić information content (AvgIpc) is 2.71. The molecule has 0 saturated heterocycles. The number of halogens is 2. The Kier molecular flexibility index (Phi) is 7.12. The van der Waals surface area contributed by atoms with Gasteiger partial charge in [0.15, 0.2) is 9.84 Å². The number of benzene rings is 2. The molecule has 0 atom stereocenters. The molecule has 0 aliphatic carbocycles. The Balaban J connectivity index is 1.91. The minimum Gasteiger partial charge on any atom is -0.377 e. The number of sulfone groups is 1. The molecule has 0 aromatic heterocycles. The van der Waals surface area contributed by atoms with Crippen LogP contribution in [0.2, 0.25) is 5.02 Å². The lowest BCUT2D eigenvalue weighted by Gasteiger charge is -2.19. The van der Waals surface area contributed by atoms with Crippen molar-refractivity contribution in [3.05, 3.63) is 58.9 Å². The SMILES string of the molecule is CCCS(=O)(=O)c1ccc(C2=CCOCC2)c(NC(=O)Nc2ccc(F)c(Cl)c2)c1. The summed E-state index contributed by atoms with van der Waals surface area (Å²) in [5, 5.41) is 5.17. The van der Waals surface area contributed by atoms with Crippen LogP contribution in [-0.4, -0.2) is 33.4 Å². The summed E-state index contributed by atoms with van der Waals surface area (Å²) in [6.45, 7) is 2.78. The summed E-state index contributed by atoms with van der Waals surface area (Å²) in [5.74, 6) is -0.576. The molecule has 1 heterocycles. The van der Waals surface area contributed by atoms with Crippen LogP contribution in [0.3, 0.4) is 0 Å². The first kappa shape index (κ1) is 22.3. The molecule has 2 amide bonds.